The van der Waals surface area contributed by atoms with Crippen molar-refractivity contribution in [2.75, 3.05) is 6.54 Å². The molecule has 0 amide bonds. The van der Waals surface area contributed by atoms with Crippen LogP contribution in [0.1, 0.15) is 11.1 Å². The summed E-state index contributed by atoms with van der Waals surface area (Å²) < 4.78 is 49.0. The number of sulfonamides is 1. The zero-order chi connectivity index (χ0) is 13.1. The highest BCUT2D eigenvalue weighted by Crippen LogP contribution is 2.16. The molecule has 0 aromatic heterocycles. The summed E-state index contributed by atoms with van der Waals surface area (Å²) in [6.07, 6.45) is -2.76. The number of nitriles is 1. The highest BCUT2D eigenvalue weighted by atomic mass is 32.2. The van der Waals surface area contributed by atoms with Gasteiger partial charge < -0.3 is 0 Å². The molecular formula is C10H10F2N2O2S. The van der Waals surface area contributed by atoms with E-state index in [4.69, 9.17) is 5.26 Å². The van der Waals surface area contributed by atoms with Crippen LogP contribution in [0.2, 0.25) is 0 Å². The Balaban J connectivity index is 3.11. The summed E-state index contributed by atoms with van der Waals surface area (Å²) in [5.41, 5.74) is 0.554. The number of alkyl halides is 2. The Morgan fingerprint density at radius 3 is 2.65 bits per heavy atom. The molecule has 0 aliphatic rings. The quantitative estimate of drug-likeness (QED) is 0.889. The lowest BCUT2D eigenvalue weighted by molar-refractivity contribution is 0.153. The minimum absolute atomic E-state index is 0.155. The first-order chi connectivity index (χ1) is 7.86. The monoisotopic (exact) mass is 260 g/mol. The predicted molar refractivity (Wildman–Crippen MR) is 57.1 cm³/mol. The third-order valence-corrected chi connectivity index (χ3v) is 3.60. The average Bonchev–Trinajstić information content (AvgIpc) is 2.27. The predicted octanol–water partition coefficient (Wildman–Crippen LogP) is 1.41. The van der Waals surface area contributed by atoms with Crippen LogP contribution in [-0.2, 0) is 10.0 Å². The Bertz CT molecular complexity index is 550. The molecule has 0 aliphatic carbocycles. The summed E-state index contributed by atoms with van der Waals surface area (Å²) in [6, 6.07) is 5.86. The molecule has 4 nitrogen and oxygen atoms in total. The number of halogens is 2. The van der Waals surface area contributed by atoms with E-state index in [0.29, 0.717) is 5.56 Å². The van der Waals surface area contributed by atoms with Gasteiger partial charge in [0.2, 0.25) is 10.0 Å². The number of nitrogens with one attached hydrogen (secondary N) is 1. The van der Waals surface area contributed by atoms with Gasteiger partial charge in [-0.1, -0.05) is 6.07 Å². The van der Waals surface area contributed by atoms with Crippen molar-refractivity contribution in [3.8, 4) is 6.07 Å². The van der Waals surface area contributed by atoms with Gasteiger partial charge in [0.25, 0.3) is 6.43 Å². The second kappa shape index (κ2) is 5.21. The second-order valence-electron chi connectivity index (χ2n) is 3.34. The van der Waals surface area contributed by atoms with Gasteiger partial charge in [0.05, 0.1) is 23.1 Å². The molecule has 1 rings (SSSR count). The van der Waals surface area contributed by atoms with E-state index in [2.05, 4.69) is 0 Å². The van der Waals surface area contributed by atoms with Crippen molar-refractivity contribution in [2.24, 2.45) is 0 Å². The van der Waals surface area contributed by atoms with E-state index in [0.717, 1.165) is 6.07 Å². The number of nitrogens with zero attached hydrogens (tertiary/aromatic N) is 1. The van der Waals surface area contributed by atoms with Gasteiger partial charge in [-0.3, -0.25) is 0 Å². The average molecular weight is 260 g/mol. The molecule has 0 radical (unpaired) electrons. The lowest BCUT2D eigenvalue weighted by Gasteiger charge is -2.09. The topological polar surface area (TPSA) is 70.0 Å². The van der Waals surface area contributed by atoms with Crippen molar-refractivity contribution in [3.63, 3.8) is 0 Å². The molecule has 0 atom stereocenters. The van der Waals surface area contributed by atoms with Crippen molar-refractivity contribution in [2.45, 2.75) is 18.2 Å². The Hall–Kier alpha value is -1.52. The molecule has 0 saturated carbocycles. The first-order valence-corrected chi connectivity index (χ1v) is 6.13. The van der Waals surface area contributed by atoms with Crippen molar-refractivity contribution in [1.82, 2.24) is 4.72 Å². The molecular weight excluding hydrogens is 250 g/mol. The number of aryl methyl sites for hydroxylation is 1. The van der Waals surface area contributed by atoms with Gasteiger partial charge in [0.1, 0.15) is 0 Å². The van der Waals surface area contributed by atoms with E-state index in [1.54, 1.807) is 10.8 Å². The molecule has 7 heteroatoms. The van der Waals surface area contributed by atoms with Crippen LogP contribution in [0.25, 0.3) is 0 Å². The van der Waals surface area contributed by atoms with Crippen LogP contribution in [0.5, 0.6) is 0 Å². The first kappa shape index (κ1) is 13.5. The minimum Gasteiger partial charge on any atom is -0.209 e. The standard InChI is InChI=1S/C10H10F2N2O2S/c1-7-2-3-8(5-13)4-9(7)17(15,16)14-6-10(11)12/h2-4,10,14H,6H2,1H3. The van der Waals surface area contributed by atoms with Gasteiger partial charge in [0.15, 0.2) is 0 Å². The second-order valence-corrected chi connectivity index (χ2v) is 5.07. The summed E-state index contributed by atoms with van der Waals surface area (Å²) in [5, 5.41) is 8.65. The number of rotatable bonds is 4. The fraction of sp³-hybridized carbons (Fsp3) is 0.300. The maximum Gasteiger partial charge on any atom is 0.251 e. The molecule has 0 unspecified atom stereocenters. The summed E-state index contributed by atoms with van der Waals surface area (Å²) >= 11 is 0. The van der Waals surface area contributed by atoms with Crippen LogP contribution in [0.15, 0.2) is 23.1 Å². The van der Waals surface area contributed by atoms with Crippen molar-refractivity contribution in [3.05, 3.63) is 29.3 Å². The van der Waals surface area contributed by atoms with Crippen LogP contribution in [0.4, 0.5) is 8.78 Å². The van der Waals surface area contributed by atoms with Crippen molar-refractivity contribution in [1.29, 1.82) is 5.26 Å². The van der Waals surface area contributed by atoms with Crippen LogP contribution in [0, 0.1) is 18.3 Å². The van der Waals surface area contributed by atoms with E-state index in [1.165, 1.54) is 19.1 Å². The zero-order valence-corrected chi connectivity index (χ0v) is 9.76. The SMILES string of the molecule is Cc1ccc(C#N)cc1S(=O)(=O)NCC(F)F. The van der Waals surface area contributed by atoms with E-state index in [-0.39, 0.29) is 10.5 Å². The van der Waals surface area contributed by atoms with E-state index < -0.39 is 23.0 Å². The maximum absolute atomic E-state index is 11.9. The van der Waals surface area contributed by atoms with Gasteiger partial charge in [-0.05, 0) is 24.6 Å². The molecule has 0 bridgehead atoms. The molecule has 0 heterocycles. The van der Waals surface area contributed by atoms with Gasteiger partial charge in [-0.25, -0.2) is 21.9 Å². The van der Waals surface area contributed by atoms with Crippen LogP contribution >= 0.6 is 0 Å². The number of benzene rings is 1. The minimum atomic E-state index is -4.00. The van der Waals surface area contributed by atoms with Gasteiger partial charge in [-0.15, -0.1) is 0 Å². The fourth-order valence-electron chi connectivity index (χ4n) is 1.21. The first-order valence-electron chi connectivity index (χ1n) is 4.65. The molecule has 1 aromatic carbocycles. The highest BCUT2D eigenvalue weighted by molar-refractivity contribution is 7.89. The smallest absolute Gasteiger partial charge is 0.209 e. The Kier molecular flexibility index (Phi) is 4.15. The van der Waals surface area contributed by atoms with Gasteiger partial charge >= 0.3 is 0 Å². The largest absolute Gasteiger partial charge is 0.251 e. The molecule has 92 valence electrons. The summed E-state index contributed by atoms with van der Waals surface area (Å²) in [5.74, 6) is 0. The summed E-state index contributed by atoms with van der Waals surface area (Å²) in [4.78, 5) is -0.155. The third-order valence-electron chi connectivity index (χ3n) is 2.03. The van der Waals surface area contributed by atoms with Crippen molar-refractivity contribution < 1.29 is 17.2 Å². The summed E-state index contributed by atoms with van der Waals surface area (Å²) in [6.45, 7) is 0.580. The van der Waals surface area contributed by atoms with Gasteiger partial charge in [0, 0.05) is 0 Å². The van der Waals surface area contributed by atoms with Crippen LogP contribution < -0.4 is 4.72 Å². The molecule has 0 saturated heterocycles. The number of hydrogen-bond donors (Lipinski definition) is 1. The van der Waals surface area contributed by atoms with Crippen LogP contribution in [0.3, 0.4) is 0 Å². The lowest BCUT2D eigenvalue weighted by atomic mass is 10.2. The Morgan fingerprint density at radius 1 is 1.47 bits per heavy atom. The zero-order valence-electron chi connectivity index (χ0n) is 8.94. The normalized spacial score (nSPS) is 11.5. The van der Waals surface area contributed by atoms with E-state index >= 15 is 0 Å². The van der Waals surface area contributed by atoms with Crippen molar-refractivity contribution >= 4 is 10.0 Å². The highest BCUT2D eigenvalue weighted by Gasteiger charge is 2.18. The summed E-state index contributed by atoms with van der Waals surface area (Å²) in [7, 11) is -4.00. The van der Waals surface area contributed by atoms with E-state index in [9.17, 15) is 17.2 Å². The van der Waals surface area contributed by atoms with E-state index in [1.807, 2.05) is 0 Å². The van der Waals surface area contributed by atoms with Gasteiger partial charge in [-0.2, -0.15) is 5.26 Å². The Labute approximate surface area is 97.9 Å². The molecule has 1 N–H and O–H groups in total. The fourth-order valence-corrected chi connectivity index (χ4v) is 2.48. The van der Waals surface area contributed by atoms with Crippen LogP contribution in [-0.4, -0.2) is 21.4 Å². The molecule has 1 aromatic rings. The molecule has 17 heavy (non-hydrogen) atoms. The molecule has 0 fully saturated rings. The Morgan fingerprint density at radius 2 is 2.12 bits per heavy atom. The molecule has 0 spiro atoms. The number of hydrogen-bond acceptors (Lipinski definition) is 3. The third kappa shape index (κ3) is 3.47. The molecule has 0 aliphatic heterocycles. The maximum atomic E-state index is 11.9. The lowest BCUT2D eigenvalue weighted by Crippen LogP contribution is -2.29.